The molecule has 2 nitrogen and oxygen atoms in total. The number of hydrogen-bond acceptors (Lipinski definition) is 2. The van der Waals surface area contributed by atoms with E-state index in [0.717, 1.165) is 5.56 Å². The second kappa shape index (κ2) is 5.89. The van der Waals surface area contributed by atoms with Gasteiger partial charge in [-0.2, -0.15) is 0 Å². The van der Waals surface area contributed by atoms with Crippen molar-refractivity contribution >= 4 is 28.4 Å². The Labute approximate surface area is 115 Å². The molecule has 2 aromatic carbocycles. The number of hydrogen-bond donors (Lipinski definition) is 0. The highest BCUT2D eigenvalue weighted by Crippen LogP contribution is 2.23. The van der Waals surface area contributed by atoms with E-state index in [0.29, 0.717) is 22.9 Å². The molecule has 0 radical (unpaired) electrons. The van der Waals surface area contributed by atoms with Crippen molar-refractivity contribution in [2.24, 2.45) is 0 Å². The smallest absolute Gasteiger partial charge is 0.256 e. The molecule has 0 fully saturated rings. The predicted octanol–water partition coefficient (Wildman–Crippen LogP) is 4.30. The van der Waals surface area contributed by atoms with E-state index in [9.17, 15) is 4.79 Å². The molecular weight excluding hydrogens is 271 g/mol. The second-order valence-electron chi connectivity index (χ2n) is 3.65. The molecule has 0 N–H and O–H groups in total. The van der Waals surface area contributed by atoms with Gasteiger partial charge in [-0.05, 0) is 29.8 Å². The molecule has 2 rings (SSSR count). The standard InChI is InChI=1S/C14H10Cl2O2/c15-12-7-3-1-5-10(12)9-18-13-8-4-2-6-11(13)14(16)17/h1-8H,9H2. The van der Waals surface area contributed by atoms with Crippen molar-refractivity contribution in [2.75, 3.05) is 0 Å². The van der Waals surface area contributed by atoms with Gasteiger partial charge in [0.25, 0.3) is 5.24 Å². The zero-order chi connectivity index (χ0) is 13.0. The number of halogens is 2. The third-order valence-electron chi connectivity index (χ3n) is 2.44. The van der Waals surface area contributed by atoms with Crippen LogP contribution in [0.3, 0.4) is 0 Å². The van der Waals surface area contributed by atoms with Crippen LogP contribution in [0.5, 0.6) is 5.75 Å². The SMILES string of the molecule is O=C(Cl)c1ccccc1OCc1ccccc1Cl. The van der Waals surface area contributed by atoms with Crippen LogP contribution in [-0.4, -0.2) is 5.24 Å². The van der Waals surface area contributed by atoms with E-state index < -0.39 is 5.24 Å². The average molecular weight is 281 g/mol. The van der Waals surface area contributed by atoms with Crippen LogP contribution in [0.2, 0.25) is 5.02 Å². The molecule has 0 aromatic heterocycles. The Bertz CT molecular complexity index is 567. The van der Waals surface area contributed by atoms with Crippen molar-refractivity contribution in [1.29, 1.82) is 0 Å². The molecule has 4 heteroatoms. The Morgan fingerprint density at radius 2 is 1.72 bits per heavy atom. The van der Waals surface area contributed by atoms with Gasteiger partial charge in [0.15, 0.2) is 0 Å². The van der Waals surface area contributed by atoms with Crippen molar-refractivity contribution in [3.8, 4) is 5.75 Å². The summed E-state index contributed by atoms with van der Waals surface area (Å²) in [4.78, 5) is 11.2. The van der Waals surface area contributed by atoms with Crippen molar-refractivity contribution in [3.05, 3.63) is 64.7 Å². The topological polar surface area (TPSA) is 26.3 Å². The lowest BCUT2D eigenvalue weighted by atomic mass is 10.2. The molecule has 2 aromatic rings. The monoisotopic (exact) mass is 280 g/mol. The Morgan fingerprint density at radius 3 is 2.44 bits per heavy atom. The lowest BCUT2D eigenvalue weighted by Gasteiger charge is -2.09. The number of ether oxygens (including phenoxy) is 1. The maximum Gasteiger partial charge on any atom is 0.256 e. The van der Waals surface area contributed by atoms with E-state index in [1.165, 1.54) is 0 Å². The van der Waals surface area contributed by atoms with Crippen LogP contribution in [0.15, 0.2) is 48.5 Å². The number of carbonyl (C=O) groups is 1. The fraction of sp³-hybridized carbons (Fsp3) is 0.0714. The van der Waals surface area contributed by atoms with E-state index in [-0.39, 0.29) is 0 Å². The van der Waals surface area contributed by atoms with Gasteiger partial charge in [0.2, 0.25) is 0 Å². The quantitative estimate of drug-likeness (QED) is 0.781. The van der Waals surface area contributed by atoms with Gasteiger partial charge >= 0.3 is 0 Å². The first-order chi connectivity index (χ1) is 8.68. The molecule has 0 aliphatic carbocycles. The number of para-hydroxylation sites is 1. The molecule has 92 valence electrons. The van der Waals surface area contributed by atoms with E-state index in [1.807, 2.05) is 18.2 Å². The summed E-state index contributed by atoms with van der Waals surface area (Å²) in [5.41, 5.74) is 1.21. The van der Waals surface area contributed by atoms with Crippen LogP contribution in [-0.2, 0) is 6.61 Å². The molecule has 0 bridgehead atoms. The average Bonchev–Trinajstić information content (AvgIpc) is 2.38. The first kappa shape index (κ1) is 12.9. The van der Waals surface area contributed by atoms with Crippen LogP contribution in [0, 0.1) is 0 Å². The van der Waals surface area contributed by atoms with Crippen molar-refractivity contribution < 1.29 is 9.53 Å². The molecular formula is C14H10Cl2O2. The van der Waals surface area contributed by atoms with E-state index >= 15 is 0 Å². The van der Waals surface area contributed by atoms with Gasteiger partial charge in [0, 0.05) is 10.6 Å². The lowest BCUT2D eigenvalue weighted by molar-refractivity contribution is 0.107. The highest BCUT2D eigenvalue weighted by molar-refractivity contribution is 6.68. The van der Waals surface area contributed by atoms with Gasteiger partial charge in [0.05, 0.1) is 5.56 Å². The largest absolute Gasteiger partial charge is 0.488 e. The summed E-state index contributed by atoms with van der Waals surface area (Å²) in [6, 6.07) is 14.2. The Morgan fingerprint density at radius 1 is 1.06 bits per heavy atom. The number of carbonyl (C=O) groups excluding carboxylic acids is 1. The van der Waals surface area contributed by atoms with Crippen LogP contribution in [0.4, 0.5) is 0 Å². The fourth-order valence-electron chi connectivity index (χ4n) is 1.53. The Hall–Kier alpha value is -1.51. The summed E-state index contributed by atoms with van der Waals surface area (Å²) in [6.07, 6.45) is 0. The molecule has 0 aliphatic rings. The van der Waals surface area contributed by atoms with Crippen molar-refractivity contribution in [2.45, 2.75) is 6.61 Å². The predicted molar refractivity (Wildman–Crippen MR) is 72.4 cm³/mol. The maximum atomic E-state index is 11.2. The molecule has 0 heterocycles. The maximum absolute atomic E-state index is 11.2. The highest BCUT2D eigenvalue weighted by atomic mass is 35.5. The zero-order valence-electron chi connectivity index (χ0n) is 9.40. The highest BCUT2D eigenvalue weighted by Gasteiger charge is 2.09. The number of rotatable bonds is 4. The summed E-state index contributed by atoms with van der Waals surface area (Å²) in [5.74, 6) is 0.456. The minimum atomic E-state index is -0.537. The Kier molecular flexibility index (Phi) is 4.24. The third kappa shape index (κ3) is 3.03. The number of benzene rings is 2. The van der Waals surface area contributed by atoms with Crippen molar-refractivity contribution in [3.63, 3.8) is 0 Å². The first-order valence-corrected chi connectivity index (χ1v) is 6.09. The summed E-state index contributed by atoms with van der Waals surface area (Å²) >= 11 is 11.5. The fourth-order valence-corrected chi connectivity index (χ4v) is 1.87. The van der Waals surface area contributed by atoms with E-state index in [4.69, 9.17) is 27.9 Å². The minimum absolute atomic E-state index is 0.293. The van der Waals surface area contributed by atoms with Gasteiger partial charge in [-0.3, -0.25) is 4.79 Å². The molecule has 0 saturated heterocycles. The molecule has 0 amide bonds. The van der Waals surface area contributed by atoms with Gasteiger partial charge in [-0.25, -0.2) is 0 Å². The van der Waals surface area contributed by atoms with Gasteiger partial charge in [-0.1, -0.05) is 41.9 Å². The van der Waals surface area contributed by atoms with Crippen LogP contribution >= 0.6 is 23.2 Å². The lowest BCUT2D eigenvalue weighted by Crippen LogP contribution is -2.00. The molecule has 0 spiro atoms. The minimum Gasteiger partial charge on any atom is -0.488 e. The molecule has 0 atom stereocenters. The van der Waals surface area contributed by atoms with Crippen molar-refractivity contribution in [1.82, 2.24) is 0 Å². The molecule has 0 unspecified atom stereocenters. The normalized spacial score (nSPS) is 10.1. The van der Waals surface area contributed by atoms with Gasteiger partial charge in [0.1, 0.15) is 12.4 Å². The van der Waals surface area contributed by atoms with Gasteiger partial charge in [-0.15, -0.1) is 0 Å². The summed E-state index contributed by atoms with van der Waals surface area (Å²) in [6.45, 7) is 0.293. The molecule has 0 aliphatic heterocycles. The van der Waals surface area contributed by atoms with Crippen LogP contribution in [0.1, 0.15) is 15.9 Å². The van der Waals surface area contributed by atoms with E-state index in [2.05, 4.69) is 0 Å². The van der Waals surface area contributed by atoms with Crippen LogP contribution in [0.25, 0.3) is 0 Å². The molecule has 18 heavy (non-hydrogen) atoms. The summed E-state index contributed by atoms with van der Waals surface area (Å²) in [7, 11) is 0. The van der Waals surface area contributed by atoms with Crippen LogP contribution < -0.4 is 4.74 Å². The zero-order valence-corrected chi connectivity index (χ0v) is 10.9. The Balaban J connectivity index is 2.16. The first-order valence-electron chi connectivity index (χ1n) is 5.33. The summed E-state index contributed by atoms with van der Waals surface area (Å²) in [5, 5.41) is 0.0944. The third-order valence-corrected chi connectivity index (χ3v) is 3.01. The molecule has 0 saturated carbocycles. The second-order valence-corrected chi connectivity index (χ2v) is 4.40. The van der Waals surface area contributed by atoms with E-state index in [1.54, 1.807) is 30.3 Å². The van der Waals surface area contributed by atoms with Gasteiger partial charge < -0.3 is 4.74 Å². The summed E-state index contributed by atoms with van der Waals surface area (Å²) < 4.78 is 5.58.